The third-order valence-corrected chi connectivity index (χ3v) is 3.16. The van der Waals surface area contributed by atoms with E-state index >= 15 is 0 Å². The number of halogens is 3. The molecule has 1 heterocycles. The van der Waals surface area contributed by atoms with Crippen LogP contribution in [0, 0.1) is 0 Å². The van der Waals surface area contributed by atoms with Gasteiger partial charge in [-0.25, -0.2) is 4.68 Å². The van der Waals surface area contributed by atoms with E-state index in [1.807, 2.05) is 6.92 Å². The molecule has 0 spiro atoms. The average molecular weight is 326 g/mol. The molecule has 1 amide bonds. The van der Waals surface area contributed by atoms with E-state index in [1.54, 1.807) is 0 Å². The van der Waals surface area contributed by atoms with Crippen LogP contribution in [0.1, 0.15) is 25.5 Å². The Balaban J connectivity index is 2.09. The molecule has 2 aromatic rings. The molecule has 0 saturated carbocycles. The number of hydrogen-bond donors (Lipinski definition) is 2. The van der Waals surface area contributed by atoms with Gasteiger partial charge in [-0.2, -0.15) is 18.3 Å². The zero-order valence-corrected chi connectivity index (χ0v) is 12.5. The molecule has 1 unspecified atom stereocenters. The molecule has 23 heavy (non-hydrogen) atoms. The van der Waals surface area contributed by atoms with E-state index in [0.29, 0.717) is 12.1 Å². The fourth-order valence-electron chi connectivity index (χ4n) is 1.99. The van der Waals surface area contributed by atoms with E-state index in [1.165, 1.54) is 24.3 Å². The first-order chi connectivity index (χ1) is 10.8. The molecular formula is C15H17F3N4O. The molecule has 5 nitrogen and oxygen atoms in total. The lowest BCUT2D eigenvalue weighted by Crippen LogP contribution is -2.19. The van der Waals surface area contributed by atoms with E-state index < -0.39 is 11.9 Å². The molecule has 0 radical (unpaired) electrons. The lowest BCUT2D eigenvalue weighted by Gasteiger charge is -2.11. The number of hydrogen-bond acceptors (Lipinski definition) is 3. The monoisotopic (exact) mass is 326 g/mol. The maximum absolute atomic E-state index is 12.8. The van der Waals surface area contributed by atoms with Crippen LogP contribution in [-0.4, -0.2) is 21.7 Å². The van der Waals surface area contributed by atoms with E-state index in [0.717, 1.165) is 16.9 Å². The normalized spacial score (nSPS) is 12.9. The lowest BCUT2D eigenvalue weighted by atomic mass is 10.2. The van der Waals surface area contributed by atoms with Gasteiger partial charge in [0.1, 0.15) is 5.69 Å². The minimum atomic E-state index is -4.48. The van der Waals surface area contributed by atoms with Crippen LogP contribution in [-0.2, 0) is 11.0 Å². The molecule has 1 aromatic heterocycles. The fraction of sp³-hybridized carbons (Fsp3) is 0.333. The molecule has 124 valence electrons. The second kappa shape index (κ2) is 6.82. The van der Waals surface area contributed by atoms with E-state index in [-0.39, 0.29) is 24.1 Å². The van der Waals surface area contributed by atoms with Crippen molar-refractivity contribution in [3.8, 4) is 5.69 Å². The van der Waals surface area contributed by atoms with Gasteiger partial charge >= 0.3 is 6.18 Å². The van der Waals surface area contributed by atoms with Gasteiger partial charge in [0.25, 0.3) is 0 Å². The van der Waals surface area contributed by atoms with Crippen LogP contribution in [0.4, 0.5) is 18.9 Å². The van der Waals surface area contributed by atoms with E-state index in [2.05, 4.69) is 10.4 Å². The number of anilines is 1. The van der Waals surface area contributed by atoms with Crippen molar-refractivity contribution in [1.29, 1.82) is 0 Å². The third-order valence-electron chi connectivity index (χ3n) is 3.16. The van der Waals surface area contributed by atoms with Crippen molar-refractivity contribution < 1.29 is 18.0 Å². The number of nitrogens with zero attached hydrogens (tertiary/aromatic N) is 2. The number of rotatable bonds is 5. The lowest BCUT2D eigenvalue weighted by molar-refractivity contribution is -0.142. The summed E-state index contributed by atoms with van der Waals surface area (Å²) in [6, 6.07) is 6.82. The van der Waals surface area contributed by atoms with Crippen LogP contribution in [0.15, 0.2) is 36.5 Å². The highest BCUT2D eigenvalue weighted by atomic mass is 19.4. The second-order valence-electron chi connectivity index (χ2n) is 5.24. The minimum absolute atomic E-state index is 0.0660. The molecule has 0 saturated heterocycles. The SMILES string of the molecule is CC(N)CCC(=O)Nc1ccc(-n2nccc2C(F)(F)F)cc1. The van der Waals surface area contributed by atoms with Gasteiger partial charge in [-0.15, -0.1) is 0 Å². The Bertz CT molecular complexity index is 662. The van der Waals surface area contributed by atoms with Gasteiger partial charge in [-0.3, -0.25) is 4.79 Å². The molecule has 2 rings (SSSR count). The summed E-state index contributed by atoms with van der Waals surface area (Å²) in [6.45, 7) is 1.81. The smallest absolute Gasteiger partial charge is 0.328 e. The van der Waals surface area contributed by atoms with Gasteiger partial charge in [0.15, 0.2) is 0 Å². The van der Waals surface area contributed by atoms with Crippen molar-refractivity contribution in [1.82, 2.24) is 9.78 Å². The summed E-state index contributed by atoms with van der Waals surface area (Å²) in [7, 11) is 0. The molecule has 0 aliphatic heterocycles. The molecule has 0 aliphatic carbocycles. The largest absolute Gasteiger partial charge is 0.433 e. The number of carbonyl (C=O) groups excluding carboxylic acids is 1. The van der Waals surface area contributed by atoms with Crippen molar-refractivity contribution >= 4 is 11.6 Å². The van der Waals surface area contributed by atoms with Crippen molar-refractivity contribution in [3.63, 3.8) is 0 Å². The maximum atomic E-state index is 12.8. The van der Waals surface area contributed by atoms with Gasteiger partial charge in [-0.05, 0) is 43.7 Å². The Kier molecular flexibility index (Phi) is 5.05. The van der Waals surface area contributed by atoms with Crippen molar-refractivity contribution in [2.24, 2.45) is 5.73 Å². The number of benzene rings is 1. The van der Waals surface area contributed by atoms with Crippen molar-refractivity contribution in [2.75, 3.05) is 5.32 Å². The van der Waals surface area contributed by atoms with E-state index in [4.69, 9.17) is 5.73 Å². The van der Waals surface area contributed by atoms with Crippen molar-refractivity contribution in [3.05, 3.63) is 42.2 Å². The minimum Gasteiger partial charge on any atom is -0.328 e. The van der Waals surface area contributed by atoms with Crippen molar-refractivity contribution in [2.45, 2.75) is 32.0 Å². The first-order valence-corrected chi connectivity index (χ1v) is 7.04. The number of nitrogens with two attached hydrogens (primary N) is 1. The third kappa shape index (κ3) is 4.56. The number of aromatic nitrogens is 2. The number of amides is 1. The van der Waals surface area contributed by atoms with Crippen LogP contribution >= 0.6 is 0 Å². The summed E-state index contributed by atoms with van der Waals surface area (Å²) >= 11 is 0. The van der Waals surface area contributed by atoms with Crippen LogP contribution in [0.25, 0.3) is 5.69 Å². The van der Waals surface area contributed by atoms with Crippen LogP contribution in [0.5, 0.6) is 0 Å². The summed E-state index contributed by atoms with van der Waals surface area (Å²) < 4.78 is 39.3. The first-order valence-electron chi connectivity index (χ1n) is 7.04. The van der Waals surface area contributed by atoms with Gasteiger partial charge in [-0.1, -0.05) is 0 Å². The molecule has 1 atom stereocenters. The fourth-order valence-corrected chi connectivity index (χ4v) is 1.99. The molecular weight excluding hydrogens is 309 g/mol. The molecule has 3 N–H and O–H groups in total. The maximum Gasteiger partial charge on any atom is 0.433 e. The Labute approximate surface area is 131 Å². The molecule has 1 aromatic carbocycles. The zero-order chi connectivity index (χ0) is 17.0. The van der Waals surface area contributed by atoms with E-state index in [9.17, 15) is 18.0 Å². The standard InChI is InChI=1S/C15H17F3N4O/c1-10(19)2-7-14(23)21-11-3-5-12(6-4-11)22-13(8-9-20-22)15(16,17)18/h3-6,8-10H,2,7,19H2,1H3,(H,21,23). The summed E-state index contributed by atoms with van der Waals surface area (Å²) in [5.74, 6) is -0.190. The predicted octanol–water partition coefficient (Wildman–Crippen LogP) is 2.96. The number of carbonyl (C=O) groups is 1. The second-order valence-corrected chi connectivity index (χ2v) is 5.24. The molecule has 0 aliphatic rings. The topological polar surface area (TPSA) is 72.9 Å². The molecule has 0 bridgehead atoms. The van der Waals surface area contributed by atoms with Crippen LogP contribution in [0.3, 0.4) is 0 Å². The number of nitrogens with one attached hydrogen (secondary N) is 1. The Morgan fingerprint density at radius 3 is 2.52 bits per heavy atom. The first kappa shape index (κ1) is 17.0. The highest BCUT2D eigenvalue weighted by Crippen LogP contribution is 2.30. The highest BCUT2D eigenvalue weighted by Gasteiger charge is 2.35. The zero-order valence-electron chi connectivity index (χ0n) is 12.5. The molecule has 8 heteroatoms. The van der Waals surface area contributed by atoms with Gasteiger partial charge in [0, 0.05) is 18.2 Å². The predicted molar refractivity (Wildman–Crippen MR) is 80.1 cm³/mol. The highest BCUT2D eigenvalue weighted by molar-refractivity contribution is 5.90. The summed E-state index contributed by atoms with van der Waals surface area (Å²) in [5.41, 5.74) is 5.48. The van der Waals surface area contributed by atoms with Crippen LogP contribution < -0.4 is 11.1 Å². The quantitative estimate of drug-likeness (QED) is 0.887. The van der Waals surface area contributed by atoms with Gasteiger partial charge in [0.05, 0.1) is 11.9 Å². The Hall–Kier alpha value is -2.35. The van der Waals surface area contributed by atoms with Gasteiger partial charge in [0.2, 0.25) is 5.91 Å². The Morgan fingerprint density at radius 2 is 1.96 bits per heavy atom. The Morgan fingerprint density at radius 1 is 1.30 bits per heavy atom. The summed E-state index contributed by atoms with van der Waals surface area (Å²) in [4.78, 5) is 11.7. The summed E-state index contributed by atoms with van der Waals surface area (Å²) in [5, 5.41) is 6.36. The average Bonchev–Trinajstić information content (AvgIpc) is 2.95. The van der Waals surface area contributed by atoms with Gasteiger partial charge < -0.3 is 11.1 Å². The number of alkyl halides is 3. The summed E-state index contributed by atoms with van der Waals surface area (Å²) in [6.07, 6.45) is -2.54. The van der Waals surface area contributed by atoms with Crippen LogP contribution in [0.2, 0.25) is 0 Å². The molecule has 0 fully saturated rings.